The van der Waals surface area contributed by atoms with E-state index < -0.39 is 0 Å². The maximum Gasteiger partial charge on any atom is 0.169 e. The van der Waals surface area contributed by atoms with E-state index in [0.717, 1.165) is 11.1 Å². The van der Waals surface area contributed by atoms with Gasteiger partial charge in [0.2, 0.25) is 0 Å². The minimum absolute atomic E-state index is 0.0448. The van der Waals surface area contributed by atoms with Gasteiger partial charge in [-0.1, -0.05) is 25.2 Å². The first-order valence-electron chi connectivity index (χ1n) is 4.36. The van der Waals surface area contributed by atoms with Crippen molar-refractivity contribution in [3.8, 4) is 0 Å². The highest BCUT2D eigenvalue weighted by molar-refractivity contribution is 6.08. The molecular weight excluding hydrogens is 164 g/mol. The minimum Gasteiger partial charge on any atom is -0.294 e. The highest BCUT2D eigenvalue weighted by Gasteiger charge is 2.24. The molecule has 2 nitrogen and oxygen atoms in total. The SMILES string of the molecule is CC1C=CC2=CC(=O)CC=C2C1=O. The normalized spacial score (nSPS) is 26.7. The fourth-order valence-corrected chi connectivity index (χ4v) is 1.59. The van der Waals surface area contributed by atoms with E-state index in [-0.39, 0.29) is 17.5 Å². The molecule has 0 saturated carbocycles. The second kappa shape index (κ2) is 2.80. The van der Waals surface area contributed by atoms with Gasteiger partial charge >= 0.3 is 0 Å². The molecule has 0 fully saturated rings. The van der Waals surface area contributed by atoms with Crippen LogP contribution in [-0.2, 0) is 9.59 Å². The van der Waals surface area contributed by atoms with Gasteiger partial charge in [-0.2, -0.15) is 0 Å². The summed E-state index contributed by atoms with van der Waals surface area (Å²) in [5.74, 6) is 0.156. The van der Waals surface area contributed by atoms with E-state index in [2.05, 4.69) is 0 Å². The Kier molecular flexibility index (Phi) is 1.76. The minimum atomic E-state index is -0.0448. The Hall–Kier alpha value is -1.44. The summed E-state index contributed by atoms with van der Waals surface area (Å²) >= 11 is 0. The molecule has 13 heavy (non-hydrogen) atoms. The lowest BCUT2D eigenvalue weighted by Gasteiger charge is -2.18. The zero-order chi connectivity index (χ0) is 9.42. The van der Waals surface area contributed by atoms with Crippen molar-refractivity contribution in [2.24, 2.45) is 5.92 Å². The molecule has 2 rings (SSSR count). The van der Waals surface area contributed by atoms with Crippen LogP contribution in [0.4, 0.5) is 0 Å². The molecule has 0 radical (unpaired) electrons. The van der Waals surface area contributed by atoms with E-state index >= 15 is 0 Å². The standard InChI is InChI=1S/C11H10O2/c1-7-2-3-8-6-9(12)4-5-10(8)11(7)13/h2-3,5-7H,4H2,1H3. The first-order chi connectivity index (χ1) is 6.18. The summed E-state index contributed by atoms with van der Waals surface area (Å²) in [6.07, 6.45) is 7.35. The van der Waals surface area contributed by atoms with Crippen molar-refractivity contribution in [1.29, 1.82) is 0 Å². The summed E-state index contributed by atoms with van der Waals surface area (Å²) in [6.45, 7) is 1.87. The molecule has 0 N–H and O–H groups in total. The molecule has 0 aromatic carbocycles. The summed E-state index contributed by atoms with van der Waals surface area (Å²) in [6, 6.07) is 0. The highest BCUT2D eigenvalue weighted by Crippen LogP contribution is 2.26. The number of hydrogen-bond donors (Lipinski definition) is 0. The number of rotatable bonds is 0. The van der Waals surface area contributed by atoms with Gasteiger partial charge in [-0.15, -0.1) is 0 Å². The number of Topliss-reactive ketones (excluding diaryl/α,β-unsaturated/α-hetero) is 1. The predicted octanol–water partition coefficient (Wildman–Crippen LogP) is 1.59. The van der Waals surface area contributed by atoms with Gasteiger partial charge in [0.15, 0.2) is 11.6 Å². The Morgan fingerprint density at radius 1 is 1.38 bits per heavy atom. The molecule has 2 heteroatoms. The first-order valence-corrected chi connectivity index (χ1v) is 4.36. The fourth-order valence-electron chi connectivity index (χ4n) is 1.59. The van der Waals surface area contributed by atoms with Crippen LogP contribution in [0.2, 0.25) is 0 Å². The molecule has 0 bridgehead atoms. The number of hydrogen-bond acceptors (Lipinski definition) is 2. The number of carbonyl (C=O) groups is 2. The summed E-state index contributed by atoms with van der Waals surface area (Å²) < 4.78 is 0. The Balaban J connectivity index is 2.47. The lowest BCUT2D eigenvalue weighted by Crippen LogP contribution is -2.19. The summed E-state index contributed by atoms with van der Waals surface area (Å²) in [7, 11) is 0. The third-order valence-corrected chi connectivity index (χ3v) is 2.38. The van der Waals surface area contributed by atoms with Gasteiger partial charge in [-0.3, -0.25) is 9.59 Å². The third kappa shape index (κ3) is 1.28. The molecule has 2 aliphatic carbocycles. The van der Waals surface area contributed by atoms with Crippen LogP contribution < -0.4 is 0 Å². The largest absolute Gasteiger partial charge is 0.294 e. The van der Waals surface area contributed by atoms with Crippen LogP contribution in [0.5, 0.6) is 0 Å². The van der Waals surface area contributed by atoms with E-state index in [0.29, 0.717) is 6.42 Å². The first kappa shape index (κ1) is 8.17. The Bertz CT molecular complexity index is 370. The van der Waals surface area contributed by atoms with Crippen molar-refractivity contribution in [2.45, 2.75) is 13.3 Å². The predicted molar refractivity (Wildman–Crippen MR) is 49.1 cm³/mol. The van der Waals surface area contributed by atoms with Gasteiger partial charge < -0.3 is 0 Å². The van der Waals surface area contributed by atoms with Crippen LogP contribution in [0.25, 0.3) is 0 Å². The second-order valence-corrected chi connectivity index (χ2v) is 3.40. The van der Waals surface area contributed by atoms with Crippen LogP contribution in [0.3, 0.4) is 0 Å². The van der Waals surface area contributed by atoms with Gasteiger partial charge in [0.1, 0.15) is 0 Å². The van der Waals surface area contributed by atoms with Gasteiger partial charge in [0, 0.05) is 17.9 Å². The van der Waals surface area contributed by atoms with Crippen LogP contribution >= 0.6 is 0 Å². The van der Waals surface area contributed by atoms with Crippen molar-refractivity contribution >= 4 is 11.6 Å². The summed E-state index contributed by atoms with van der Waals surface area (Å²) in [4.78, 5) is 22.6. The Morgan fingerprint density at radius 2 is 2.15 bits per heavy atom. The number of ketones is 2. The maximum atomic E-state index is 11.6. The van der Waals surface area contributed by atoms with E-state index in [9.17, 15) is 9.59 Å². The van der Waals surface area contributed by atoms with Crippen molar-refractivity contribution < 1.29 is 9.59 Å². The quantitative estimate of drug-likeness (QED) is 0.558. The smallest absolute Gasteiger partial charge is 0.169 e. The number of fused-ring (bicyclic) bond motifs is 1. The lowest BCUT2D eigenvalue weighted by atomic mass is 9.84. The van der Waals surface area contributed by atoms with Crippen LogP contribution in [0.15, 0.2) is 35.5 Å². The molecule has 0 aromatic heterocycles. The van der Waals surface area contributed by atoms with Crippen LogP contribution in [0, 0.1) is 5.92 Å². The zero-order valence-electron chi connectivity index (χ0n) is 7.41. The van der Waals surface area contributed by atoms with Crippen molar-refractivity contribution in [1.82, 2.24) is 0 Å². The molecule has 1 atom stereocenters. The zero-order valence-corrected chi connectivity index (χ0v) is 7.41. The summed E-state index contributed by atoms with van der Waals surface area (Å²) in [5, 5.41) is 0. The average molecular weight is 174 g/mol. The topological polar surface area (TPSA) is 34.1 Å². The third-order valence-electron chi connectivity index (χ3n) is 2.38. The molecule has 0 spiro atoms. The van der Waals surface area contributed by atoms with Crippen molar-refractivity contribution in [3.05, 3.63) is 35.5 Å². The fraction of sp³-hybridized carbons (Fsp3) is 0.273. The molecule has 0 saturated heterocycles. The summed E-state index contributed by atoms with van der Waals surface area (Å²) in [5.41, 5.74) is 1.49. The second-order valence-electron chi connectivity index (χ2n) is 3.40. The molecule has 1 unspecified atom stereocenters. The van der Waals surface area contributed by atoms with E-state index in [1.807, 2.05) is 19.1 Å². The highest BCUT2D eigenvalue weighted by atomic mass is 16.1. The molecule has 66 valence electrons. The molecule has 0 heterocycles. The maximum absolute atomic E-state index is 11.6. The Labute approximate surface area is 76.6 Å². The van der Waals surface area contributed by atoms with Crippen LogP contribution in [0.1, 0.15) is 13.3 Å². The van der Waals surface area contributed by atoms with E-state index in [1.54, 1.807) is 12.2 Å². The van der Waals surface area contributed by atoms with Crippen molar-refractivity contribution in [2.75, 3.05) is 0 Å². The average Bonchev–Trinajstić information content (AvgIpc) is 2.12. The monoisotopic (exact) mass is 174 g/mol. The number of allylic oxidation sites excluding steroid dienone is 6. The molecular formula is C11H10O2. The van der Waals surface area contributed by atoms with Gasteiger partial charge in [-0.05, 0) is 11.6 Å². The Morgan fingerprint density at radius 3 is 2.92 bits per heavy atom. The van der Waals surface area contributed by atoms with Crippen LogP contribution in [-0.4, -0.2) is 11.6 Å². The van der Waals surface area contributed by atoms with Gasteiger partial charge in [-0.25, -0.2) is 0 Å². The molecule has 0 aliphatic heterocycles. The number of carbonyl (C=O) groups excluding carboxylic acids is 2. The molecule has 0 aromatic rings. The molecule has 2 aliphatic rings. The van der Waals surface area contributed by atoms with Gasteiger partial charge in [0.25, 0.3) is 0 Å². The van der Waals surface area contributed by atoms with E-state index in [4.69, 9.17) is 0 Å². The lowest BCUT2D eigenvalue weighted by molar-refractivity contribution is -0.117. The molecule has 0 amide bonds. The van der Waals surface area contributed by atoms with Crippen molar-refractivity contribution in [3.63, 3.8) is 0 Å². The van der Waals surface area contributed by atoms with Gasteiger partial charge in [0.05, 0.1) is 0 Å². The van der Waals surface area contributed by atoms with E-state index in [1.165, 1.54) is 0 Å².